The Hall–Kier alpha value is -1.96. The Kier molecular flexibility index (Phi) is 7.04. The number of hydrogen-bond donors (Lipinski definition) is 1. The number of carbonyl (C=O) groups excluding carboxylic acids is 1. The highest BCUT2D eigenvalue weighted by Crippen LogP contribution is 2.26. The topological polar surface area (TPSA) is 75.7 Å². The molecule has 1 amide bonds. The maximum Gasteiger partial charge on any atom is 0.243 e. The molecule has 0 radical (unpaired) electrons. The molecule has 0 aliphatic carbocycles. The van der Waals surface area contributed by atoms with Crippen LogP contribution in [-0.2, 0) is 19.6 Å². The lowest BCUT2D eigenvalue weighted by molar-refractivity contribution is -0.126. The minimum atomic E-state index is -3.62. The highest BCUT2D eigenvalue weighted by Gasteiger charge is 2.33. The van der Waals surface area contributed by atoms with E-state index in [-0.39, 0.29) is 23.3 Å². The van der Waals surface area contributed by atoms with E-state index in [0.29, 0.717) is 39.1 Å². The van der Waals surface area contributed by atoms with Crippen molar-refractivity contribution in [2.24, 2.45) is 5.92 Å². The Bertz CT molecular complexity index is 914. The first-order chi connectivity index (χ1) is 13.5. The summed E-state index contributed by atoms with van der Waals surface area (Å²) in [5.74, 6) is -0.383. The van der Waals surface area contributed by atoms with Crippen LogP contribution in [0.25, 0.3) is 10.8 Å². The molecule has 0 unspecified atom stereocenters. The van der Waals surface area contributed by atoms with Gasteiger partial charge in [-0.15, -0.1) is 0 Å². The molecule has 152 valence electrons. The lowest BCUT2D eigenvalue weighted by atomic mass is 9.99. The number of sulfonamides is 1. The molecular formula is C21H28N2O4S. The van der Waals surface area contributed by atoms with Crippen LogP contribution in [0.3, 0.4) is 0 Å². The summed E-state index contributed by atoms with van der Waals surface area (Å²) in [5, 5.41) is 4.80. The van der Waals surface area contributed by atoms with Crippen LogP contribution in [0, 0.1) is 5.92 Å². The normalized spacial score (nSPS) is 18.2. The molecule has 1 fully saturated rings. The van der Waals surface area contributed by atoms with Gasteiger partial charge in [0, 0.05) is 32.8 Å². The summed E-state index contributed by atoms with van der Waals surface area (Å²) in [6, 6.07) is 12.9. The Morgan fingerprint density at radius 2 is 2.00 bits per heavy atom. The number of piperidine rings is 1. The SMILES string of the molecule is CCOCCCNC(=O)[C@H]1CCCN(S(=O)(=O)c2ccc3ccccc3c2)C1. The molecule has 2 aromatic rings. The van der Waals surface area contributed by atoms with Gasteiger partial charge < -0.3 is 10.1 Å². The molecule has 0 saturated carbocycles. The van der Waals surface area contributed by atoms with Gasteiger partial charge in [-0.2, -0.15) is 4.31 Å². The van der Waals surface area contributed by atoms with E-state index in [0.717, 1.165) is 17.2 Å². The summed E-state index contributed by atoms with van der Waals surface area (Å²) in [6.07, 6.45) is 2.15. The van der Waals surface area contributed by atoms with Crippen LogP contribution in [0.2, 0.25) is 0 Å². The zero-order chi connectivity index (χ0) is 20.0. The van der Waals surface area contributed by atoms with E-state index in [4.69, 9.17) is 4.74 Å². The minimum Gasteiger partial charge on any atom is -0.382 e. The molecule has 1 atom stereocenters. The number of benzene rings is 2. The van der Waals surface area contributed by atoms with Crippen molar-refractivity contribution in [3.63, 3.8) is 0 Å². The summed E-state index contributed by atoms with van der Waals surface area (Å²) in [4.78, 5) is 12.7. The number of fused-ring (bicyclic) bond motifs is 1. The third-order valence-electron chi connectivity index (χ3n) is 5.08. The Morgan fingerprint density at radius 1 is 1.21 bits per heavy atom. The Labute approximate surface area is 166 Å². The van der Waals surface area contributed by atoms with Gasteiger partial charge in [0.2, 0.25) is 15.9 Å². The van der Waals surface area contributed by atoms with Crippen LogP contribution >= 0.6 is 0 Å². The first-order valence-corrected chi connectivity index (χ1v) is 11.3. The predicted molar refractivity (Wildman–Crippen MR) is 110 cm³/mol. The standard InChI is InChI=1S/C21H28N2O4S/c1-2-27-14-6-12-22-21(24)19-9-5-13-23(16-19)28(25,26)20-11-10-17-7-3-4-8-18(17)15-20/h3-4,7-8,10-11,15,19H,2,5-6,9,12-14,16H2,1H3,(H,22,24)/t19-/m0/s1. The number of nitrogens with one attached hydrogen (secondary N) is 1. The van der Waals surface area contributed by atoms with Crippen molar-refractivity contribution in [2.75, 3.05) is 32.8 Å². The number of carbonyl (C=O) groups is 1. The van der Waals surface area contributed by atoms with Crippen molar-refractivity contribution >= 4 is 26.7 Å². The molecule has 0 aromatic heterocycles. The number of ether oxygens (including phenoxy) is 1. The Balaban J connectivity index is 1.65. The maximum atomic E-state index is 13.1. The van der Waals surface area contributed by atoms with Gasteiger partial charge in [0.25, 0.3) is 0 Å². The van der Waals surface area contributed by atoms with Crippen molar-refractivity contribution in [2.45, 2.75) is 31.1 Å². The van der Waals surface area contributed by atoms with Crippen molar-refractivity contribution in [3.05, 3.63) is 42.5 Å². The molecule has 0 bridgehead atoms. The quantitative estimate of drug-likeness (QED) is 0.687. The van der Waals surface area contributed by atoms with Gasteiger partial charge in [-0.25, -0.2) is 8.42 Å². The summed E-state index contributed by atoms with van der Waals surface area (Å²) in [7, 11) is -3.62. The van der Waals surface area contributed by atoms with Crippen molar-refractivity contribution in [1.82, 2.24) is 9.62 Å². The third-order valence-corrected chi connectivity index (χ3v) is 6.94. The molecule has 28 heavy (non-hydrogen) atoms. The zero-order valence-electron chi connectivity index (χ0n) is 16.3. The van der Waals surface area contributed by atoms with Crippen LogP contribution in [-0.4, -0.2) is 51.5 Å². The van der Waals surface area contributed by atoms with Crippen molar-refractivity contribution in [3.8, 4) is 0 Å². The predicted octanol–water partition coefficient (Wildman–Crippen LogP) is 2.78. The van der Waals surface area contributed by atoms with Gasteiger partial charge in [0.05, 0.1) is 10.8 Å². The highest BCUT2D eigenvalue weighted by atomic mass is 32.2. The zero-order valence-corrected chi connectivity index (χ0v) is 17.1. The molecule has 1 aliphatic rings. The molecule has 6 nitrogen and oxygen atoms in total. The van der Waals surface area contributed by atoms with E-state index in [1.807, 2.05) is 37.3 Å². The van der Waals surface area contributed by atoms with Gasteiger partial charge in [-0.1, -0.05) is 30.3 Å². The summed E-state index contributed by atoms with van der Waals surface area (Å²) in [6.45, 7) is 4.44. The first-order valence-electron chi connectivity index (χ1n) is 9.87. The molecule has 7 heteroatoms. The summed E-state index contributed by atoms with van der Waals surface area (Å²) < 4.78 is 32.9. The fourth-order valence-corrected chi connectivity index (χ4v) is 5.09. The fourth-order valence-electron chi connectivity index (χ4n) is 3.53. The van der Waals surface area contributed by atoms with Gasteiger partial charge in [-0.3, -0.25) is 4.79 Å². The van der Waals surface area contributed by atoms with Crippen LogP contribution in [0.15, 0.2) is 47.4 Å². The molecule has 1 saturated heterocycles. The minimum absolute atomic E-state index is 0.0742. The van der Waals surface area contributed by atoms with Crippen molar-refractivity contribution in [1.29, 1.82) is 0 Å². The van der Waals surface area contributed by atoms with Gasteiger partial charge in [0.15, 0.2) is 0 Å². The lowest BCUT2D eigenvalue weighted by Crippen LogP contribution is -2.45. The molecule has 1 aliphatic heterocycles. The van der Waals surface area contributed by atoms with Gasteiger partial charge in [0.1, 0.15) is 0 Å². The second-order valence-electron chi connectivity index (χ2n) is 7.05. The largest absolute Gasteiger partial charge is 0.382 e. The third kappa shape index (κ3) is 4.90. The average molecular weight is 405 g/mol. The average Bonchev–Trinajstić information content (AvgIpc) is 2.73. The van der Waals surface area contributed by atoms with E-state index >= 15 is 0 Å². The number of hydrogen-bond acceptors (Lipinski definition) is 4. The molecular weight excluding hydrogens is 376 g/mol. The maximum absolute atomic E-state index is 13.1. The molecule has 1 N–H and O–H groups in total. The number of amides is 1. The molecule has 3 rings (SSSR count). The lowest BCUT2D eigenvalue weighted by Gasteiger charge is -2.31. The molecule has 2 aromatic carbocycles. The van der Waals surface area contributed by atoms with Crippen LogP contribution < -0.4 is 5.32 Å². The summed E-state index contributed by atoms with van der Waals surface area (Å²) >= 11 is 0. The van der Waals surface area contributed by atoms with E-state index in [1.165, 1.54) is 4.31 Å². The van der Waals surface area contributed by atoms with Gasteiger partial charge in [-0.05, 0) is 49.1 Å². The highest BCUT2D eigenvalue weighted by molar-refractivity contribution is 7.89. The first kappa shape index (κ1) is 20.8. The molecule has 1 heterocycles. The smallest absolute Gasteiger partial charge is 0.243 e. The second-order valence-corrected chi connectivity index (χ2v) is 8.99. The van der Waals surface area contributed by atoms with Crippen LogP contribution in [0.1, 0.15) is 26.2 Å². The Morgan fingerprint density at radius 3 is 2.79 bits per heavy atom. The van der Waals surface area contributed by atoms with E-state index in [2.05, 4.69) is 5.32 Å². The van der Waals surface area contributed by atoms with Crippen LogP contribution in [0.4, 0.5) is 0 Å². The monoisotopic (exact) mass is 404 g/mol. The van der Waals surface area contributed by atoms with Gasteiger partial charge >= 0.3 is 0 Å². The molecule has 0 spiro atoms. The van der Waals surface area contributed by atoms with E-state index < -0.39 is 10.0 Å². The van der Waals surface area contributed by atoms with E-state index in [9.17, 15) is 13.2 Å². The second kappa shape index (κ2) is 9.49. The van der Waals surface area contributed by atoms with Crippen molar-refractivity contribution < 1.29 is 17.9 Å². The fraction of sp³-hybridized carbons (Fsp3) is 0.476. The number of rotatable bonds is 8. The summed E-state index contributed by atoms with van der Waals surface area (Å²) in [5.41, 5.74) is 0. The van der Waals surface area contributed by atoms with E-state index in [1.54, 1.807) is 12.1 Å². The number of nitrogens with zero attached hydrogens (tertiary/aromatic N) is 1. The van der Waals surface area contributed by atoms with Crippen LogP contribution in [0.5, 0.6) is 0 Å².